The van der Waals surface area contributed by atoms with Gasteiger partial charge in [-0.2, -0.15) is 0 Å². The zero-order valence-electron chi connectivity index (χ0n) is 31.3. The minimum atomic E-state index is -2.79. The highest BCUT2D eigenvalue weighted by atomic mass is 28.4. The first-order valence-electron chi connectivity index (χ1n) is 17.2. The molecule has 0 fully saturated rings. The molecule has 0 unspecified atom stereocenters. The van der Waals surface area contributed by atoms with Gasteiger partial charge < -0.3 is 19.3 Å². The number of aliphatic hydroxyl groups is 1. The minimum absolute atomic E-state index is 0.0884. The Balaban J connectivity index is 2.39. The molecule has 260 valence electrons. The van der Waals surface area contributed by atoms with Crippen LogP contribution in [0.3, 0.4) is 0 Å². The van der Waals surface area contributed by atoms with Crippen LogP contribution in [0.25, 0.3) is 0 Å². The molecule has 0 aliphatic carbocycles. The van der Waals surface area contributed by atoms with E-state index >= 15 is 0 Å². The molecule has 0 spiro atoms. The molecule has 2 aromatic carbocycles. The molecule has 0 bridgehead atoms. The van der Waals surface area contributed by atoms with Crippen molar-refractivity contribution >= 4 is 32.9 Å². The van der Waals surface area contributed by atoms with E-state index in [-0.39, 0.29) is 33.9 Å². The molecule has 0 aromatic heterocycles. The number of allylic oxidation sites excluding steroid dienone is 2. The number of hydrogen-bond donors (Lipinski definition) is 2. The topological polar surface area (TPSA) is 67.8 Å². The highest BCUT2D eigenvalue weighted by molar-refractivity contribution is 6.99. The zero-order valence-corrected chi connectivity index (χ0v) is 33.3. The minimum Gasteiger partial charge on any atom is -0.417 e. The Morgan fingerprint density at radius 3 is 1.87 bits per heavy atom. The van der Waals surface area contributed by atoms with Gasteiger partial charge in [0.05, 0.1) is 12.2 Å². The zero-order chi connectivity index (χ0) is 35.5. The molecule has 2 N–H and O–H groups in total. The van der Waals surface area contributed by atoms with Crippen molar-refractivity contribution in [2.24, 2.45) is 11.8 Å². The molecule has 47 heavy (non-hydrogen) atoms. The lowest BCUT2D eigenvalue weighted by molar-refractivity contribution is -0.116. The standard InChI is InChI=1S/C40H63NO4Si2/c1-31(2)38(43)33(4)25-26-37(42)41-28-19-20-32(3)30-34(27-29-44-46(11,12)39(5,6)7)45-47(40(8,9)10,35-21-15-13-16-22-35)36-23-17-14-18-24-36/h13-26,30-31,33-34,38,43H,27-29H2,1-12H3,(H,41,42)/b20-19+,26-25+,32-30+/t33-,34+,38-/m1/s1. The fourth-order valence-corrected chi connectivity index (χ4v) is 11.2. The number of aliphatic hydroxyl groups excluding tert-OH is 1. The van der Waals surface area contributed by atoms with Gasteiger partial charge in [-0.1, -0.05) is 153 Å². The summed E-state index contributed by atoms with van der Waals surface area (Å²) in [6.45, 7) is 27.3. The Bertz CT molecular complexity index is 1280. The summed E-state index contributed by atoms with van der Waals surface area (Å²) >= 11 is 0. The van der Waals surface area contributed by atoms with Gasteiger partial charge in [-0.25, -0.2) is 0 Å². The van der Waals surface area contributed by atoms with Crippen molar-refractivity contribution in [1.82, 2.24) is 5.32 Å². The largest absolute Gasteiger partial charge is 0.417 e. The Morgan fingerprint density at radius 2 is 1.40 bits per heavy atom. The van der Waals surface area contributed by atoms with Crippen molar-refractivity contribution in [3.05, 3.63) is 96.6 Å². The maximum atomic E-state index is 12.4. The van der Waals surface area contributed by atoms with E-state index in [2.05, 4.69) is 134 Å². The molecule has 0 radical (unpaired) electrons. The van der Waals surface area contributed by atoms with Gasteiger partial charge in [-0.3, -0.25) is 4.79 Å². The molecule has 3 atom stereocenters. The number of nitrogens with one attached hydrogen (secondary N) is 1. The van der Waals surface area contributed by atoms with Crippen molar-refractivity contribution in [3.63, 3.8) is 0 Å². The van der Waals surface area contributed by atoms with E-state index < -0.39 is 22.7 Å². The van der Waals surface area contributed by atoms with Gasteiger partial charge in [-0.15, -0.1) is 0 Å². The van der Waals surface area contributed by atoms with Crippen LogP contribution in [0, 0.1) is 11.8 Å². The quantitative estimate of drug-likeness (QED) is 0.107. The molecule has 7 heteroatoms. The number of amides is 1. The lowest BCUT2D eigenvalue weighted by Gasteiger charge is -2.45. The number of carbonyl (C=O) groups excluding carboxylic acids is 1. The van der Waals surface area contributed by atoms with Gasteiger partial charge in [0.1, 0.15) is 0 Å². The van der Waals surface area contributed by atoms with Crippen LogP contribution < -0.4 is 15.7 Å². The summed E-state index contributed by atoms with van der Waals surface area (Å²) in [7, 11) is -4.73. The third-order valence-electron chi connectivity index (χ3n) is 9.41. The maximum absolute atomic E-state index is 12.4. The fourth-order valence-electron chi connectivity index (χ4n) is 5.51. The fraction of sp³-hybridized carbons (Fsp3) is 0.525. The summed E-state index contributed by atoms with van der Waals surface area (Å²) < 4.78 is 14.2. The van der Waals surface area contributed by atoms with Crippen LogP contribution in [-0.4, -0.2) is 53.0 Å². The SMILES string of the molecule is CC(/C=C/CNC(=O)/C=C/[C@@H](C)[C@H](O)C(C)C)=C\[C@H](CCO[Si](C)(C)C(C)(C)C)O[Si](c1ccccc1)(c1ccccc1)C(C)(C)C. The van der Waals surface area contributed by atoms with E-state index in [4.69, 9.17) is 8.85 Å². The van der Waals surface area contributed by atoms with E-state index in [9.17, 15) is 9.90 Å². The smallest absolute Gasteiger partial charge is 0.261 e. The first-order chi connectivity index (χ1) is 21.8. The molecular weight excluding hydrogens is 615 g/mol. The Hall–Kier alpha value is -2.56. The van der Waals surface area contributed by atoms with Crippen LogP contribution in [0.2, 0.25) is 23.2 Å². The van der Waals surface area contributed by atoms with Crippen molar-refractivity contribution < 1.29 is 18.8 Å². The molecule has 0 aliphatic heterocycles. The summed E-state index contributed by atoms with van der Waals surface area (Å²) in [6, 6.07) is 21.5. The Labute approximate surface area is 288 Å². The molecule has 0 saturated heterocycles. The number of carbonyl (C=O) groups is 1. The Morgan fingerprint density at radius 1 is 0.872 bits per heavy atom. The van der Waals surface area contributed by atoms with Crippen LogP contribution in [0.5, 0.6) is 0 Å². The van der Waals surface area contributed by atoms with Crippen LogP contribution in [0.15, 0.2) is 96.6 Å². The highest BCUT2D eigenvalue weighted by Gasteiger charge is 2.51. The van der Waals surface area contributed by atoms with Gasteiger partial charge in [0.25, 0.3) is 8.32 Å². The third-order valence-corrected chi connectivity index (χ3v) is 19.0. The second-order valence-corrected chi connectivity index (χ2v) is 24.8. The van der Waals surface area contributed by atoms with Crippen molar-refractivity contribution in [1.29, 1.82) is 0 Å². The lowest BCUT2D eigenvalue weighted by atomic mass is 9.94. The number of hydrogen-bond acceptors (Lipinski definition) is 4. The average molecular weight is 678 g/mol. The first kappa shape index (κ1) is 40.6. The molecule has 1 amide bonds. The first-order valence-corrected chi connectivity index (χ1v) is 22.1. The maximum Gasteiger partial charge on any atom is 0.261 e. The summed E-state index contributed by atoms with van der Waals surface area (Å²) in [6.07, 6.45) is 9.61. The lowest BCUT2D eigenvalue weighted by Crippen LogP contribution is -2.67. The predicted octanol–water partition coefficient (Wildman–Crippen LogP) is 8.17. The van der Waals surface area contributed by atoms with Crippen LogP contribution in [-0.2, 0) is 13.6 Å². The van der Waals surface area contributed by atoms with Gasteiger partial charge in [0.2, 0.25) is 5.91 Å². The normalized spacial score (nSPS) is 15.7. The van der Waals surface area contributed by atoms with Crippen molar-refractivity contribution in [3.8, 4) is 0 Å². The second-order valence-electron chi connectivity index (χ2n) is 15.7. The summed E-state index contributed by atoms with van der Waals surface area (Å²) in [4.78, 5) is 12.4. The van der Waals surface area contributed by atoms with Crippen LogP contribution >= 0.6 is 0 Å². The molecule has 0 aliphatic rings. The summed E-state index contributed by atoms with van der Waals surface area (Å²) in [5.41, 5.74) is 1.07. The number of rotatable bonds is 16. The molecule has 5 nitrogen and oxygen atoms in total. The Kier molecular flexibility index (Phi) is 15.3. The molecule has 2 aromatic rings. The van der Waals surface area contributed by atoms with Gasteiger partial charge in [0.15, 0.2) is 8.32 Å². The van der Waals surface area contributed by atoms with Crippen LogP contribution in [0.1, 0.15) is 75.7 Å². The predicted molar refractivity (Wildman–Crippen MR) is 205 cm³/mol. The van der Waals surface area contributed by atoms with Crippen molar-refractivity contribution in [2.75, 3.05) is 13.2 Å². The van der Waals surface area contributed by atoms with E-state index in [1.165, 1.54) is 16.4 Å². The van der Waals surface area contributed by atoms with E-state index in [1.807, 2.05) is 32.9 Å². The van der Waals surface area contributed by atoms with Gasteiger partial charge in [-0.05, 0) is 58.9 Å². The van der Waals surface area contributed by atoms with Crippen molar-refractivity contribution in [2.45, 2.75) is 111 Å². The molecule has 0 saturated carbocycles. The van der Waals surface area contributed by atoms with Gasteiger partial charge >= 0.3 is 0 Å². The van der Waals surface area contributed by atoms with E-state index in [0.717, 1.165) is 12.0 Å². The molecule has 0 heterocycles. The molecule has 2 rings (SSSR count). The summed E-state index contributed by atoms with van der Waals surface area (Å²) in [5.74, 6) is -0.122. The average Bonchev–Trinajstić information content (AvgIpc) is 2.99. The number of benzene rings is 2. The molecular formula is C40H63NO4Si2. The second kappa shape index (κ2) is 17.7. The van der Waals surface area contributed by atoms with Crippen LogP contribution in [0.4, 0.5) is 0 Å². The highest BCUT2D eigenvalue weighted by Crippen LogP contribution is 2.39. The van der Waals surface area contributed by atoms with E-state index in [0.29, 0.717) is 13.2 Å². The van der Waals surface area contributed by atoms with Gasteiger partial charge in [0, 0.05) is 19.1 Å². The summed E-state index contributed by atoms with van der Waals surface area (Å²) in [5, 5.41) is 15.6. The van der Waals surface area contributed by atoms with E-state index in [1.54, 1.807) is 6.08 Å². The monoisotopic (exact) mass is 677 g/mol. The third kappa shape index (κ3) is 11.8.